The van der Waals surface area contributed by atoms with Gasteiger partial charge in [-0.15, -0.1) is 10.2 Å². The lowest BCUT2D eigenvalue weighted by Crippen LogP contribution is -2.15. The third kappa shape index (κ3) is 2.47. The zero-order valence-corrected chi connectivity index (χ0v) is 10.9. The summed E-state index contributed by atoms with van der Waals surface area (Å²) in [5, 5.41) is 20.9. The van der Waals surface area contributed by atoms with Crippen LogP contribution in [0.1, 0.15) is 25.3 Å². The SMILES string of the molecule is CCC(NC)c1nnc(-c2cc(O)ccc2Cl)o1. The number of hydrogen-bond acceptors (Lipinski definition) is 5. The maximum absolute atomic E-state index is 9.45. The second kappa shape index (κ2) is 5.37. The first-order chi connectivity index (χ1) is 8.65. The van der Waals surface area contributed by atoms with Crippen LogP contribution >= 0.6 is 11.6 Å². The van der Waals surface area contributed by atoms with Crippen LogP contribution in [0.5, 0.6) is 5.75 Å². The van der Waals surface area contributed by atoms with Crippen LogP contribution in [0.15, 0.2) is 22.6 Å². The molecule has 0 bridgehead atoms. The van der Waals surface area contributed by atoms with E-state index in [1.54, 1.807) is 6.07 Å². The Morgan fingerprint density at radius 1 is 1.44 bits per heavy atom. The summed E-state index contributed by atoms with van der Waals surface area (Å²) in [4.78, 5) is 0. The second-order valence-corrected chi connectivity index (χ2v) is 4.27. The Morgan fingerprint density at radius 3 is 2.89 bits per heavy atom. The molecular formula is C12H14ClN3O2. The number of phenolic OH excluding ortho intramolecular Hbond substituents is 1. The number of halogens is 1. The summed E-state index contributed by atoms with van der Waals surface area (Å²) < 4.78 is 5.57. The van der Waals surface area contributed by atoms with Crippen LogP contribution in [0.25, 0.3) is 11.5 Å². The molecule has 0 saturated heterocycles. The summed E-state index contributed by atoms with van der Waals surface area (Å²) in [5.74, 6) is 0.920. The van der Waals surface area contributed by atoms with E-state index in [1.165, 1.54) is 12.1 Å². The predicted molar refractivity (Wildman–Crippen MR) is 68.5 cm³/mol. The van der Waals surface area contributed by atoms with E-state index < -0.39 is 0 Å². The largest absolute Gasteiger partial charge is 0.508 e. The molecule has 0 aliphatic rings. The standard InChI is InChI=1S/C12H14ClN3O2/c1-3-10(14-2)12-16-15-11(18-12)8-6-7(17)4-5-9(8)13/h4-6,10,14,17H,3H2,1-2H3. The van der Waals surface area contributed by atoms with Crippen LogP contribution in [-0.2, 0) is 0 Å². The molecule has 6 heteroatoms. The molecule has 0 aliphatic heterocycles. The predicted octanol–water partition coefficient (Wildman–Crippen LogP) is 2.77. The Balaban J connectivity index is 2.37. The maximum Gasteiger partial charge on any atom is 0.249 e. The Morgan fingerprint density at radius 2 is 2.22 bits per heavy atom. The van der Waals surface area contributed by atoms with Crippen LogP contribution < -0.4 is 5.32 Å². The van der Waals surface area contributed by atoms with Crippen molar-refractivity contribution < 1.29 is 9.52 Å². The van der Waals surface area contributed by atoms with Gasteiger partial charge in [-0.1, -0.05) is 18.5 Å². The van der Waals surface area contributed by atoms with Gasteiger partial charge in [0.15, 0.2) is 0 Å². The van der Waals surface area contributed by atoms with Gasteiger partial charge in [-0.05, 0) is 31.7 Å². The van der Waals surface area contributed by atoms with Crippen molar-refractivity contribution in [3.63, 3.8) is 0 Å². The number of benzene rings is 1. The highest BCUT2D eigenvalue weighted by Crippen LogP contribution is 2.31. The van der Waals surface area contributed by atoms with E-state index in [1.807, 2.05) is 14.0 Å². The number of nitrogens with zero attached hydrogens (tertiary/aromatic N) is 2. The summed E-state index contributed by atoms with van der Waals surface area (Å²) in [5.41, 5.74) is 0.529. The zero-order chi connectivity index (χ0) is 13.1. The lowest BCUT2D eigenvalue weighted by Gasteiger charge is -2.07. The van der Waals surface area contributed by atoms with Crippen molar-refractivity contribution in [3.05, 3.63) is 29.1 Å². The molecule has 0 aliphatic carbocycles. The molecule has 1 aromatic carbocycles. The van der Waals surface area contributed by atoms with Gasteiger partial charge in [0.05, 0.1) is 16.6 Å². The first-order valence-corrected chi connectivity index (χ1v) is 6.03. The van der Waals surface area contributed by atoms with Gasteiger partial charge in [-0.3, -0.25) is 0 Å². The molecule has 18 heavy (non-hydrogen) atoms. The summed E-state index contributed by atoms with van der Waals surface area (Å²) in [6, 6.07) is 4.61. The normalized spacial score (nSPS) is 12.6. The molecule has 2 aromatic rings. The minimum Gasteiger partial charge on any atom is -0.508 e. The average molecular weight is 268 g/mol. The van der Waals surface area contributed by atoms with Crippen LogP contribution in [0, 0.1) is 0 Å². The third-order valence-electron chi connectivity index (χ3n) is 2.68. The Kier molecular flexibility index (Phi) is 3.84. The molecule has 0 saturated carbocycles. The van der Waals surface area contributed by atoms with Gasteiger partial charge < -0.3 is 14.8 Å². The van der Waals surface area contributed by atoms with E-state index in [-0.39, 0.29) is 11.8 Å². The quantitative estimate of drug-likeness (QED) is 0.891. The van der Waals surface area contributed by atoms with Crippen molar-refractivity contribution in [2.24, 2.45) is 0 Å². The zero-order valence-electron chi connectivity index (χ0n) is 10.1. The smallest absolute Gasteiger partial charge is 0.249 e. The maximum atomic E-state index is 9.45. The number of aromatic nitrogens is 2. The number of aromatic hydroxyl groups is 1. The van der Waals surface area contributed by atoms with Crippen molar-refractivity contribution in [3.8, 4) is 17.2 Å². The van der Waals surface area contributed by atoms with Gasteiger partial charge in [-0.25, -0.2) is 0 Å². The van der Waals surface area contributed by atoms with Crippen molar-refractivity contribution in [1.82, 2.24) is 15.5 Å². The number of phenols is 1. The van der Waals surface area contributed by atoms with E-state index in [4.69, 9.17) is 16.0 Å². The highest BCUT2D eigenvalue weighted by Gasteiger charge is 2.17. The van der Waals surface area contributed by atoms with Gasteiger partial charge in [0.1, 0.15) is 5.75 Å². The fourth-order valence-corrected chi connectivity index (χ4v) is 1.86. The van der Waals surface area contributed by atoms with E-state index in [2.05, 4.69) is 15.5 Å². The molecule has 1 aromatic heterocycles. The number of hydrogen-bond donors (Lipinski definition) is 2. The van der Waals surface area contributed by atoms with E-state index >= 15 is 0 Å². The molecular weight excluding hydrogens is 254 g/mol. The van der Waals surface area contributed by atoms with Gasteiger partial charge in [-0.2, -0.15) is 0 Å². The van der Waals surface area contributed by atoms with Crippen molar-refractivity contribution in [1.29, 1.82) is 0 Å². The fourth-order valence-electron chi connectivity index (χ4n) is 1.66. The van der Waals surface area contributed by atoms with Crippen LogP contribution in [0.3, 0.4) is 0 Å². The van der Waals surface area contributed by atoms with E-state index in [9.17, 15) is 5.11 Å². The highest BCUT2D eigenvalue weighted by atomic mass is 35.5. The van der Waals surface area contributed by atoms with Crippen LogP contribution in [-0.4, -0.2) is 22.4 Å². The Hall–Kier alpha value is -1.59. The van der Waals surface area contributed by atoms with Crippen molar-refractivity contribution in [2.45, 2.75) is 19.4 Å². The Bertz CT molecular complexity index is 538. The first kappa shape index (κ1) is 12.9. The minimum atomic E-state index is 0.0161. The minimum absolute atomic E-state index is 0.0161. The lowest BCUT2D eigenvalue weighted by atomic mass is 10.2. The topological polar surface area (TPSA) is 71.2 Å². The average Bonchev–Trinajstić information content (AvgIpc) is 2.83. The lowest BCUT2D eigenvalue weighted by molar-refractivity contribution is 0.415. The molecule has 1 heterocycles. The molecule has 1 unspecified atom stereocenters. The fraction of sp³-hybridized carbons (Fsp3) is 0.333. The highest BCUT2D eigenvalue weighted by molar-refractivity contribution is 6.33. The summed E-state index contributed by atoms with van der Waals surface area (Å²) in [6.45, 7) is 2.02. The van der Waals surface area contributed by atoms with Crippen molar-refractivity contribution >= 4 is 11.6 Å². The molecule has 0 spiro atoms. The molecule has 0 amide bonds. The summed E-state index contributed by atoms with van der Waals surface area (Å²) in [6.07, 6.45) is 0.839. The molecule has 2 rings (SSSR count). The van der Waals surface area contributed by atoms with E-state index in [0.29, 0.717) is 22.4 Å². The summed E-state index contributed by atoms with van der Waals surface area (Å²) >= 11 is 6.03. The van der Waals surface area contributed by atoms with Gasteiger partial charge in [0, 0.05) is 0 Å². The molecule has 0 radical (unpaired) electrons. The Labute approximate surface area is 110 Å². The second-order valence-electron chi connectivity index (χ2n) is 3.86. The summed E-state index contributed by atoms with van der Waals surface area (Å²) in [7, 11) is 1.83. The van der Waals surface area contributed by atoms with Gasteiger partial charge in [0.2, 0.25) is 11.8 Å². The molecule has 0 fully saturated rings. The molecule has 2 N–H and O–H groups in total. The molecule has 1 atom stereocenters. The third-order valence-corrected chi connectivity index (χ3v) is 3.01. The van der Waals surface area contributed by atoms with Gasteiger partial charge in [0.25, 0.3) is 0 Å². The van der Waals surface area contributed by atoms with Crippen molar-refractivity contribution in [2.75, 3.05) is 7.05 Å². The first-order valence-electron chi connectivity index (χ1n) is 5.65. The monoisotopic (exact) mass is 267 g/mol. The molecule has 96 valence electrons. The number of nitrogens with one attached hydrogen (secondary N) is 1. The van der Waals surface area contributed by atoms with E-state index in [0.717, 1.165) is 6.42 Å². The van der Waals surface area contributed by atoms with Gasteiger partial charge >= 0.3 is 0 Å². The van der Waals surface area contributed by atoms with Crippen LogP contribution in [0.2, 0.25) is 5.02 Å². The van der Waals surface area contributed by atoms with Crippen LogP contribution in [0.4, 0.5) is 0 Å². The molecule has 5 nitrogen and oxygen atoms in total. The number of rotatable bonds is 4.